The Morgan fingerprint density at radius 2 is 2.00 bits per heavy atom. The molecule has 8 nitrogen and oxygen atoms in total. The molecule has 0 bridgehead atoms. The number of aromatic nitrogens is 2. The van der Waals surface area contributed by atoms with Crippen molar-refractivity contribution in [3.8, 4) is 5.75 Å². The summed E-state index contributed by atoms with van der Waals surface area (Å²) in [4.78, 5) is 23.0. The maximum absolute atomic E-state index is 12.5. The van der Waals surface area contributed by atoms with Gasteiger partial charge in [-0.05, 0) is 18.2 Å². The highest BCUT2D eigenvalue weighted by Gasteiger charge is 2.12. The predicted octanol–water partition coefficient (Wildman–Crippen LogP) is 1.29. The van der Waals surface area contributed by atoms with Crippen molar-refractivity contribution in [2.45, 2.75) is 0 Å². The van der Waals surface area contributed by atoms with E-state index in [-0.39, 0.29) is 5.91 Å². The zero-order valence-electron chi connectivity index (χ0n) is 14.8. The van der Waals surface area contributed by atoms with Gasteiger partial charge in [-0.1, -0.05) is 0 Å². The molecule has 1 aliphatic heterocycles. The third-order valence-corrected chi connectivity index (χ3v) is 4.04. The fourth-order valence-electron chi connectivity index (χ4n) is 2.67. The minimum absolute atomic E-state index is 0.144. The molecule has 2 aromatic rings. The standard InChI is InChI=1S/C18H23N5O3/c1-25-16-12-14(11-15(13-16)22-18-20-3-2-4-21-18)17(24)19-5-6-23-7-9-26-10-8-23/h2-4,11-13H,5-10H2,1H3,(H,19,24)(H,20,21,22). The molecule has 0 atom stereocenters. The van der Waals surface area contributed by atoms with Gasteiger partial charge in [-0.15, -0.1) is 0 Å². The van der Waals surface area contributed by atoms with E-state index < -0.39 is 0 Å². The van der Waals surface area contributed by atoms with Crippen LogP contribution in [0, 0.1) is 0 Å². The number of hydrogen-bond acceptors (Lipinski definition) is 7. The van der Waals surface area contributed by atoms with E-state index in [2.05, 4.69) is 25.5 Å². The Balaban J connectivity index is 1.62. The van der Waals surface area contributed by atoms with Gasteiger partial charge >= 0.3 is 0 Å². The highest BCUT2D eigenvalue weighted by Crippen LogP contribution is 2.22. The van der Waals surface area contributed by atoms with Crippen LogP contribution in [0.2, 0.25) is 0 Å². The molecule has 0 spiro atoms. The molecule has 1 fully saturated rings. The van der Waals surface area contributed by atoms with Crippen LogP contribution in [0.1, 0.15) is 10.4 Å². The molecular formula is C18H23N5O3. The highest BCUT2D eigenvalue weighted by atomic mass is 16.5. The molecule has 2 heterocycles. The number of nitrogens with zero attached hydrogens (tertiary/aromatic N) is 3. The Kier molecular flexibility index (Phi) is 6.34. The number of carbonyl (C=O) groups excluding carboxylic acids is 1. The minimum Gasteiger partial charge on any atom is -0.497 e. The third kappa shape index (κ3) is 5.14. The van der Waals surface area contributed by atoms with Crippen LogP contribution in [-0.4, -0.2) is 67.3 Å². The summed E-state index contributed by atoms with van der Waals surface area (Å²) in [6.07, 6.45) is 3.30. The number of nitrogens with one attached hydrogen (secondary N) is 2. The molecule has 1 aliphatic rings. The van der Waals surface area contributed by atoms with Gasteiger partial charge in [0.05, 0.1) is 20.3 Å². The summed E-state index contributed by atoms with van der Waals surface area (Å²) >= 11 is 0. The van der Waals surface area contributed by atoms with E-state index in [0.29, 0.717) is 29.5 Å². The second kappa shape index (κ2) is 9.12. The quantitative estimate of drug-likeness (QED) is 0.772. The van der Waals surface area contributed by atoms with Gasteiger partial charge in [0.25, 0.3) is 5.91 Å². The molecule has 0 saturated carbocycles. The number of ether oxygens (including phenoxy) is 2. The summed E-state index contributed by atoms with van der Waals surface area (Å²) in [7, 11) is 1.57. The first-order valence-corrected chi connectivity index (χ1v) is 8.56. The first kappa shape index (κ1) is 18.1. The summed E-state index contributed by atoms with van der Waals surface area (Å²) in [6, 6.07) is 7.00. The van der Waals surface area contributed by atoms with E-state index in [1.54, 1.807) is 43.8 Å². The Morgan fingerprint density at radius 1 is 1.23 bits per heavy atom. The zero-order chi connectivity index (χ0) is 18.2. The predicted molar refractivity (Wildman–Crippen MR) is 97.9 cm³/mol. The molecule has 1 saturated heterocycles. The summed E-state index contributed by atoms with van der Waals surface area (Å²) < 4.78 is 10.6. The van der Waals surface area contributed by atoms with Gasteiger partial charge < -0.3 is 20.1 Å². The first-order chi connectivity index (χ1) is 12.7. The number of amides is 1. The van der Waals surface area contributed by atoms with Crippen molar-refractivity contribution in [2.75, 3.05) is 51.8 Å². The van der Waals surface area contributed by atoms with E-state index in [1.165, 1.54) is 0 Å². The SMILES string of the molecule is COc1cc(Nc2ncccn2)cc(C(=O)NCCN2CCOCC2)c1. The highest BCUT2D eigenvalue weighted by molar-refractivity contribution is 5.95. The zero-order valence-corrected chi connectivity index (χ0v) is 14.8. The van der Waals surface area contributed by atoms with Crippen molar-refractivity contribution < 1.29 is 14.3 Å². The molecule has 1 amide bonds. The van der Waals surface area contributed by atoms with E-state index in [1.807, 2.05) is 0 Å². The topological polar surface area (TPSA) is 88.6 Å². The molecule has 8 heteroatoms. The van der Waals surface area contributed by atoms with Crippen LogP contribution >= 0.6 is 0 Å². The number of rotatable bonds is 7. The lowest BCUT2D eigenvalue weighted by Gasteiger charge is -2.26. The second-order valence-electron chi connectivity index (χ2n) is 5.86. The summed E-state index contributed by atoms with van der Waals surface area (Å²) in [5, 5.41) is 6.03. The fraction of sp³-hybridized carbons (Fsp3) is 0.389. The number of methoxy groups -OCH3 is 1. The van der Waals surface area contributed by atoms with E-state index in [4.69, 9.17) is 9.47 Å². The average Bonchev–Trinajstić information content (AvgIpc) is 2.69. The molecule has 0 unspecified atom stereocenters. The Hall–Kier alpha value is -2.71. The molecule has 0 aliphatic carbocycles. The van der Waals surface area contributed by atoms with Gasteiger partial charge in [0.1, 0.15) is 5.75 Å². The third-order valence-electron chi connectivity index (χ3n) is 4.04. The van der Waals surface area contributed by atoms with Gasteiger partial charge in [0.2, 0.25) is 5.95 Å². The van der Waals surface area contributed by atoms with Crippen molar-refractivity contribution in [3.05, 3.63) is 42.2 Å². The molecule has 138 valence electrons. The van der Waals surface area contributed by atoms with E-state index in [9.17, 15) is 4.79 Å². The molecule has 2 N–H and O–H groups in total. The lowest BCUT2D eigenvalue weighted by molar-refractivity contribution is 0.0383. The van der Waals surface area contributed by atoms with Crippen LogP contribution in [0.3, 0.4) is 0 Å². The van der Waals surface area contributed by atoms with Gasteiger partial charge in [0, 0.05) is 55.9 Å². The van der Waals surface area contributed by atoms with Crippen LogP contribution in [0.5, 0.6) is 5.75 Å². The summed E-state index contributed by atoms with van der Waals surface area (Å²) in [5.41, 5.74) is 1.21. The number of hydrogen-bond donors (Lipinski definition) is 2. The van der Waals surface area contributed by atoms with Crippen molar-refractivity contribution in [1.29, 1.82) is 0 Å². The number of anilines is 2. The molecule has 3 rings (SSSR count). The normalized spacial score (nSPS) is 14.7. The van der Waals surface area contributed by atoms with Crippen LogP contribution in [0.4, 0.5) is 11.6 Å². The lowest BCUT2D eigenvalue weighted by atomic mass is 10.1. The number of carbonyl (C=O) groups is 1. The Labute approximate surface area is 152 Å². The second-order valence-corrected chi connectivity index (χ2v) is 5.86. The van der Waals surface area contributed by atoms with Gasteiger partial charge in [-0.3, -0.25) is 9.69 Å². The van der Waals surface area contributed by atoms with Crippen molar-refractivity contribution in [2.24, 2.45) is 0 Å². The van der Waals surface area contributed by atoms with Gasteiger partial charge in [-0.25, -0.2) is 9.97 Å². The monoisotopic (exact) mass is 357 g/mol. The fourth-order valence-corrected chi connectivity index (χ4v) is 2.67. The summed E-state index contributed by atoms with van der Waals surface area (Å²) in [5.74, 6) is 0.901. The minimum atomic E-state index is -0.144. The number of morpholine rings is 1. The van der Waals surface area contributed by atoms with Crippen LogP contribution in [0.25, 0.3) is 0 Å². The maximum atomic E-state index is 12.5. The van der Waals surface area contributed by atoms with E-state index >= 15 is 0 Å². The number of benzene rings is 1. The smallest absolute Gasteiger partial charge is 0.251 e. The van der Waals surface area contributed by atoms with Crippen LogP contribution < -0.4 is 15.4 Å². The molecule has 0 radical (unpaired) electrons. The Morgan fingerprint density at radius 3 is 2.73 bits per heavy atom. The molecule has 26 heavy (non-hydrogen) atoms. The summed E-state index contributed by atoms with van der Waals surface area (Å²) in [6.45, 7) is 4.70. The Bertz CT molecular complexity index is 720. The first-order valence-electron chi connectivity index (χ1n) is 8.56. The lowest BCUT2D eigenvalue weighted by Crippen LogP contribution is -2.41. The van der Waals surface area contributed by atoms with Crippen molar-refractivity contribution in [3.63, 3.8) is 0 Å². The maximum Gasteiger partial charge on any atom is 0.251 e. The molecule has 1 aromatic heterocycles. The molecular weight excluding hydrogens is 334 g/mol. The van der Waals surface area contributed by atoms with Crippen molar-refractivity contribution in [1.82, 2.24) is 20.2 Å². The van der Waals surface area contributed by atoms with Gasteiger partial charge in [-0.2, -0.15) is 0 Å². The van der Waals surface area contributed by atoms with Crippen LogP contribution in [-0.2, 0) is 4.74 Å². The van der Waals surface area contributed by atoms with E-state index in [0.717, 1.165) is 32.8 Å². The largest absolute Gasteiger partial charge is 0.497 e. The van der Waals surface area contributed by atoms with Crippen molar-refractivity contribution >= 4 is 17.5 Å². The molecule has 1 aromatic carbocycles. The van der Waals surface area contributed by atoms with Crippen LogP contribution in [0.15, 0.2) is 36.7 Å². The average molecular weight is 357 g/mol. The van der Waals surface area contributed by atoms with Gasteiger partial charge in [0.15, 0.2) is 0 Å².